The Hall–Kier alpha value is -2.34. The molecule has 2 N–H and O–H groups in total. The van der Waals surface area contributed by atoms with Crippen LogP contribution >= 0.6 is 11.8 Å². The van der Waals surface area contributed by atoms with E-state index in [9.17, 15) is 4.79 Å². The number of nitrogens with zero attached hydrogens (tertiary/aromatic N) is 2. The second-order valence-electron chi connectivity index (χ2n) is 4.60. The van der Waals surface area contributed by atoms with Crippen LogP contribution in [0.1, 0.15) is 6.92 Å². The summed E-state index contributed by atoms with van der Waals surface area (Å²) in [7, 11) is 0. The first-order valence-corrected chi connectivity index (χ1v) is 7.42. The monoisotopic (exact) mass is 298 g/mol. The Balaban J connectivity index is 1.70. The number of rotatable bonds is 4. The van der Waals surface area contributed by atoms with Crippen molar-refractivity contribution >= 4 is 34.1 Å². The molecule has 0 radical (unpaired) electrons. The molecule has 0 bridgehead atoms. The lowest BCUT2D eigenvalue weighted by Crippen LogP contribution is -2.22. The fraction of sp³-hybridized carbons (Fsp3) is 0.133. The summed E-state index contributed by atoms with van der Waals surface area (Å²) < 4.78 is 0. The highest BCUT2D eigenvalue weighted by molar-refractivity contribution is 8.00. The van der Waals surface area contributed by atoms with Crippen LogP contribution in [-0.4, -0.2) is 26.3 Å². The van der Waals surface area contributed by atoms with E-state index in [1.165, 1.54) is 18.1 Å². The third-order valence-electron chi connectivity index (χ3n) is 3.07. The summed E-state index contributed by atoms with van der Waals surface area (Å²) in [4.78, 5) is 16.2. The average Bonchev–Trinajstić information content (AvgIpc) is 3.00. The van der Waals surface area contributed by atoms with Gasteiger partial charge < -0.3 is 5.32 Å². The zero-order valence-electron chi connectivity index (χ0n) is 11.4. The smallest absolute Gasteiger partial charge is 0.237 e. The van der Waals surface area contributed by atoms with Gasteiger partial charge in [0.1, 0.15) is 6.33 Å². The van der Waals surface area contributed by atoms with Crippen LogP contribution in [0.15, 0.2) is 53.9 Å². The van der Waals surface area contributed by atoms with Gasteiger partial charge in [0.2, 0.25) is 5.91 Å². The quantitative estimate of drug-likeness (QED) is 0.726. The molecule has 21 heavy (non-hydrogen) atoms. The average molecular weight is 298 g/mol. The van der Waals surface area contributed by atoms with Gasteiger partial charge in [-0.15, -0.1) is 0 Å². The number of aromatic nitrogens is 3. The van der Waals surface area contributed by atoms with Crippen LogP contribution in [0.3, 0.4) is 0 Å². The van der Waals surface area contributed by atoms with Crippen LogP contribution in [0.5, 0.6) is 0 Å². The largest absolute Gasteiger partial charge is 0.325 e. The van der Waals surface area contributed by atoms with Crippen LogP contribution in [0.2, 0.25) is 0 Å². The fourth-order valence-electron chi connectivity index (χ4n) is 1.98. The SMILES string of the molecule is C[C@H](Sc1ncn[nH]1)C(=O)Nc1ccc2ccccc2c1. The van der Waals surface area contributed by atoms with Crippen molar-refractivity contribution in [1.29, 1.82) is 0 Å². The summed E-state index contributed by atoms with van der Waals surface area (Å²) in [6, 6.07) is 13.9. The minimum atomic E-state index is -0.260. The molecule has 3 aromatic rings. The molecule has 0 aliphatic heterocycles. The number of hydrogen-bond acceptors (Lipinski definition) is 4. The van der Waals surface area contributed by atoms with Crippen LogP contribution in [0.25, 0.3) is 10.8 Å². The minimum Gasteiger partial charge on any atom is -0.325 e. The summed E-state index contributed by atoms with van der Waals surface area (Å²) in [5.41, 5.74) is 0.795. The lowest BCUT2D eigenvalue weighted by atomic mass is 10.1. The summed E-state index contributed by atoms with van der Waals surface area (Å²) >= 11 is 1.34. The van der Waals surface area contributed by atoms with Gasteiger partial charge in [-0.05, 0) is 29.8 Å². The van der Waals surface area contributed by atoms with Crippen LogP contribution in [0, 0.1) is 0 Å². The number of thioether (sulfide) groups is 1. The predicted molar refractivity (Wildman–Crippen MR) is 84.3 cm³/mol. The van der Waals surface area contributed by atoms with E-state index in [2.05, 4.69) is 20.5 Å². The summed E-state index contributed by atoms with van der Waals surface area (Å²) in [5, 5.41) is 12.1. The summed E-state index contributed by atoms with van der Waals surface area (Å²) in [5.74, 6) is -0.0633. The zero-order chi connectivity index (χ0) is 14.7. The van der Waals surface area contributed by atoms with Crippen molar-refractivity contribution in [3.8, 4) is 0 Å². The molecule has 6 heteroatoms. The molecule has 0 spiro atoms. The molecule has 5 nitrogen and oxygen atoms in total. The van der Waals surface area contributed by atoms with Gasteiger partial charge in [-0.3, -0.25) is 9.89 Å². The van der Waals surface area contributed by atoms with Crippen molar-refractivity contribution in [2.45, 2.75) is 17.3 Å². The van der Waals surface area contributed by atoms with Gasteiger partial charge in [-0.25, -0.2) is 4.98 Å². The lowest BCUT2D eigenvalue weighted by molar-refractivity contribution is -0.115. The Morgan fingerprint density at radius 1 is 1.24 bits per heavy atom. The molecular weight excluding hydrogens is 284 g/mol. The predicted octanol–water partition coefficient (Wildman–Crippen LogP) is 3.08. The molecule has 1 amide bonds. The molecule has 1 atom stereocenters. The number of fused-ring (bicyclic) bond motifs is 1. The van der Waals surface area contributed by atoms with Gasteiger partial charge in [0.15, 0.2) is 5.16 Å². The van der Waals surface area contributed by atoms with Gasteiger partial charge in [-0.2, -0.15) is 5.10 Å². The molecule has 1 heterocycles. The van der Waals surface area contributed by atoms with Gasteiger partial charge in [-0.1, -0.05) is 42.1 Å². The van der Waals surface area contributed by atoms with Crippen molar-refractivity contribution < 1.29 is 4.79 Å². The normalized spacial score (nSPS) is 12.2. The Bertz CT molecular complexity index is 757. The summed E-state index contributed by atoms with van der Waals surface area (Å²) in [6.45, 7) is 1.84. The second-order valence-corrected chi connectivity index (χ2v) is 5.93. The third-order valence-corrected chi connectivity index (χ3v) is 4.06. The topological polar surface area (TPSA) is 70.7 Å². The molecule has 0 saturated heterocycles. The maximum Gasteiger partial charge on any atom is 0.237 e. The Morgan fingerprint density at radius 3 is 2.81 bits per heavy atom. The number of nitrogens with one attached hydrogen (secondary N) is 2. The van der Waals surface area contributed by atoms with Crippen LogP contribution in [-0.2, 0) is 4.79 Å². The molecule has 1 aromatic heterocycles. The molecule has 0 aliphatic rings. The Morgan fingerprint density at radius 2 is 2.05 bits per heavy atom. The number of anilines is 1. The minimum absolute atomic E-state index is 0.0633. The van der Waals surface area contributed by atoms with E-state index in [0.717, 1.165) is 16.5 Å². The first kappa shape index (κ1) is 13.6. The van der Waals surface area contributed by atoms with E-state index in [0.29, 0.717) is 5.16 Å². The second kappa shape index (κ2) is 5.97. The van der Waals surface area contributed by atoms with Crippen molar-refractivity contribution in [2.24, 2.45) is 0 Å². The van der Waals surface area contributed by atoms with Gasteiger partial charge in [0.05, 0.1) is 5.25 Å². The molecule has 3 rings (SSSR count). The Labute approximate surface area is 126 Å². The van der Waals surface area contributed by atoms with E-state index in [-0.39, 0.29) is 11.2 Å². The van der Waals surface area contributed by atoms with E-state index >= 15 is 0 Å². The highest BCUT2D eigenvalue weighted by Gasteiger charge is 2.16. The van der Waals surface area contributed by atoms with Gasteiger partial charge >= 0.3 is 0 Å². The maximum absolute atomic E-state index is 12.2. The van der Waals surface area contributed by atoms with Crippen molar-refractivity contribution in [1.82, 2.24) is 15.2 Å². The molecular formula is C15H14N4OS. The number of benzene rings is 2. The number of carbonyl (C=O) groups is 1. The Kier molecular flexibility index (Phi) is 3.87. The number of carbonyl (C=O) groups excluding carboxylic acids is 1. The van der Waals surface area contributed by atoms with E-state index in [1.54, 1.807) is 0 Å². The number of hydrogen-bond donors (Lipinski definition) is 2. The molecule has 106 valence electrons. The number of H-pyrrole nitrogens is 1. The van der Waals surface area contributed by atoms with Gasteiger partial charge in [0.25, 0.3) is 0 Å². The lowest BCUT2D eigenvalue weighted by Gasteiger charge is -2.11. The van der Waals surface area contributed by atoms with E-state index < -0.39 is 0 Å². The number of amides is 1. The molecule has 0 saturated carbocycles. The van der Waals surface area contributed by atoms with E-state index in [1.807, 2.05) is 49.4 Å². The van der Waals surface area contributed by atoms with Crippen molar-refractivity contribution in [3.63, 3.8) is 0 Å². The molecule has 2 aromatic carbocycles. The number of aromatic amines is 1. The summed E-state index contributed by atoms with van der Waals surface area (Å²) in [6.07, 6.45) is 1.43. The molecule has 0 aliphatic carbocycles. The third kappa shape index (κ3) is 3.22. The maximum atomic E-state index is 12.2. The van der Waals surface area contributed by atoms with Crippen molar-refractivity contribution in [3.05, 3.63) is 48.8 Å². The van der Waals surface area contributed by atoms with Gasteiger partial charge in [0, 0.05) is 5.69 Å². The first-order valence-electron chi connectivity index (χ1n) is 6.54. The highest BCUT2D eigenvalue weighted by Crippen LogP contribution is 2.22. The first-order chi connectivity index (χ1) is 10.2. The van der Waals surface area contributed by atoms with E-state index in [4.69, 9.17) is 0 Å². The van der Waals surface area contributed by atoms with Crippen LogP contribution < -0.4 is 5.32 Å². The fourth-order valence-corrected chi connectivity index (χ4v) is 2.70. The molecule has 0 unspecified atom stereocenters. The van der Waals surface area contributed by atoms with Crippen LogP contribution in [0.4, 0.5) is 5.69 Å². The highest BCUT2D eigenvalue weighted by atomic mass is 32.2. The standard InChI is InChI=1S/C15H14N4OS/c1-10(21-15-16-9-17-19-15)14(20)18-13-7-6-11-4-2-3-5-12(11)8-13/h2-10H,1H3,(H,18,20)(H,16,17,19)/t10-/m0/s1. The molecule has 0 fully saturated rings. The zero-order valence-corrected chi connectivity index (χ0v) is 12.2. The van der Waals surface area contributed by atoms with Crippen molar-refractivity contribution in [2.75, 3.05) is 5.32 Å².